The van der Waals surface area contributed by atoms with E-state index in [0.717, 1.165) is 83.5 Å². The van der Waals surface area contributed by atoms with Gasteiger partial charge in [-0.15, -0.1) is 0 Å². The quantitative estimate of drug-likeness (QED) is 0.0505. The number of rotatable bonds is 16. The Bertz CT molecular complexity index is 2750. The Balaban J connectivity index is 0.000000166. The third-order valence-corrected chi connectivity index (χ3v) is 34.8. The van der Waals surface area contributed by atoms with Crippen LogP contribution in [0.3, 0.4) is 0 Å². The molecule has 12 rings (SSSR count). The van der Waals surface area contributed by atoms with E-state index in [0.29, 0.717) is 92.3 Å². The zero-order valence-electron chi connectivity index (χ0n) is 66.7. The van der Waals surface area contributed by atoms with Crippen molar-refractivity contribution in [1.29, 1.82) is 0 Å². The van der Waals surface area contributed by atoms with Crippen LogP contribution in [0.25, 0.3) is 0 Å². The van der Waals surface area contributed by atoms with Crippen LogP contribution in [0.2, 0.25) is 0 Å². The Labute approximate surface area is 619 Å². The van der Waals surface area contributed by atoms with E-state index in [-0.39, 0.29) is 158 Å². The van der Waals surface area contributed by atoms with Crippen molar-refractivity contribution in [2.24, 2.45) is 175 Å². The highest BCUT2D eigenvalue weighted by Gasteiger charge is 2.67. The van der Waals surface area contributed by atoms with Crippen LogP contribution in [0.4, 0.5) is 0 Å². The molecule has 0 amide bonds. The summed E-state index contributed by atoms with van der Waals surface area (Å²) in [6, 6.07) is 0. The van der Waals surface area contributed by atoms with E-state index in [9.17, 15) is 75.7 Å². The van der Waals surface area contributed by atoms with E-state index in [2.05, 4.69) is 111 Å². The normalized spacial score (nSPS) is 47.7. The van der Waals surface area contributed by atoms with E-state index >= 15 is 0 Å². The van der Waals surface area contributed by atoms with Gasteiger partial charge >= 0.3 is 17.9 Å². The molecule has 594 valence electrons. The molecule has 0 bridgehead atoms. The molecule has 0 spiro atoms. The standard InChI is InChI=1S/C29H50O6.2C28H48O6/c1-7-17(15(2)3)26(33)25(32)16(4)19-8-9-20-18-14-35-27(34)22-12-23(30)24(31)13-29(22,6)21(18)10-11-28(19,20)5;2*1-14(2)15(3)24(31)25(32)16(4)18-7-8-19-17-13-34-26(33)21-11-22(29)23(30)12-28(21,6)20(17)9-10-27(18,19)5/h15-26,30-33H,7-14H2,1-6H3;2*14-25,29-32H,7-13H2,1-6H3/t16-,17-,18?,19?,20?,21?,22+,23-,24+,25-,26-,28+,29+;15-,16+,17?,18?,19?,20?,21?,22+,23-,24-,25-,27-,28-;15-,16-,17?,18?,19?,20?,21?,22-,23+,24+,25+,27+,28+/m010/s1. The molecule has 12 aliphatic rings. The summed E-state index contributed by atoms with van der Waals surface area (Å²) in [7, 11) is 0. The second kappa shape index (κ2) is 31.6. The molecule has 9 aliphatic carbocycles. The van der Waals surface area contributed by atoms with Crippen molar-refractivity contribution >= 4 is 17.9 Å². The minimum absolute atomic E-state index is 0.00679. The van der Waals surface area contributed by atoms with Crippen LogP contribution in [0.1, 0.15) is 247 Å². The van der Waals surface area contributed by atoms with E-state index < -0.39 is 73.2 Å². The lowest BCUT2D eigenvalue weighted by Gasteiger charge is -2.56. The lowest BCUT2D eigenvalue weighted by Crippen LogP contribution is -2.55. The predicted molar refractivity (Wildman–Crippen MR) is 393 cm³/mol. The van der Waals surface area contributed by atoms with Crippen molar-refractivity contribution in [1.82, 2.24) is 0 Å². The highest BCUT2D eigenvalue weighted by molar-refractivity contribution is 5.75. The van der Waals surface area contributed by atoms with Gasteiger partial charge in [-0.3, -0.25) is 14.4 Å². The monoisotopic (exact) mass is 1460 g/mol. The Hall–Kier alpha value is -2.07. The van der Waals surface area contributed by atoms with Gasteiger partial charge in [-0.2, -0.15) is 0 Å². The average Bonchev–Trinajstić information content (AvgIpc) is 1.62. The third-order valence-electron chi connectivity index (χ3n) is 34.8. The Morgan fingerprint density at radius 2 is 0.592 bits per heavy atom. The summed E-state index contributed by atoms with van der Waals surface area (Å²) in [6.45, 7) is 39.8. The van der Waals surface area contributed by atoms with E-state index in [1.165, 1.54) is 0 Å². The lowest BCUT2D eigenvalue weighted by atomic mass is 9.48. The van der Waals surface area contributed by atoms with Crippen LogP contribution in [0.5, 0.6) is 0 Å². The number of ether oxygens (including phenoxy) is 3. The molecule has 0 aromatic rings. The fourth-order valence-electron chi connectivity index (χ4n) is 27.5. The number of aliphatic hydroxyl groups is 12. The number of esters is 3. The van der Waals surface area contributed by atoms with Crippen LogP contribution in [-0.2, 0) is 28.6 Å². The van der Waals surface area contributed by atoms with Crippen LogP contribution in [0.15, 0.2) is 0 Å². The third kappa shape index (κ3) is 14.7. The first-order valence-corrected chi connectivity index (χ1v) is 41.7. The Kier molecular flexibility index (Phi) is 25.6. The second-order valence-electron chi connectivity index (χ2n) is 40.1. The molecule has 12 N–H and O–H groups in total. The summed E-state index contributed by atoms with van der Waals surface area (Å²) < 4.78 is 17.6. The van der Waals surface area contributed by atoms with Gasteiger partial charge in [-0.25, -0.2) is 0 Å². The Morgan fingerprint density at radius 3 is 0.835 bits per heavy atom. The minimum Gasteiger partial charge on any atom is -0.465 e. The summed E-state index contributed by atoms with van der Waals surface area (Å²) >= 11 is 0. The number of cyclic esters (lactones) is 3. The predicted octanol–water partition coefficient (Wildman–Crippen LogP) is 10.6. The van der Waals surface area contributed by atoms with Gasteiger partial charge in [-0.05, 0) is 272 Å². The summed E-state index contributed by atoms with van der Waals surface area (Å²) in [4.78, 5) is 39.0. The first-order valence-electron chi connectivity index (χ1n) is 41.7. The molecule has 18 nitrogen and oxygen atoms in total. The summed E-state index contributed by atoms with van der Waals surface area (Å²) in [5.74, 6) is 2.91. The van der Waals surface area contributed by atoms with Crippen molar-refractivity contribution in [3.8, 4) is 0 Å². The van der Waals surface area contributed by atoms with Crippen molar-refractivity contribution in [3.63, 3.8) is 0 Å². The van der Waals surface area contributed by atoms with Gasteiger partial charge in [0.25, 0.3) is 0 Å². The van der Waals surface area contributed by atoms with E-state index in [1.54, 1.807) is 0 Å². The maximum atomic E-state index is 13.0. The molecule has 9 saturated carbocycles. The number of hydrogen-bond acceptors (Lipinski definition) is 18. The fourth-order valence-corrected chi connectivity index (χ4v) is 27.5. The van der Waals surface area contributed by atoms with Gasteiger partial charge in [0.05, 0.1) is 111 Å². The van der Waals surface area contributed by atoms with Crippen molar-refractivity contribution in [2.45, 2.75) is 320 Å². The van der Waals surface area contributed by atoms with E-state index in [4.69, 9.17) is 14.2 Å². The van der Waals surface area contributed by atoms with Crippen LogP contribution in [0, 0.1) is 175 Å². The summed E-state index contributed by atoms with van der Waals surface area (Å²) in [6.07, 6.45) is 5.72. The van der Waals surface area contributed by atoms with Gasteiger partial charge < -0.3 is 75.5 Å². The fraction of sp³-hybridized carbons (Fsp3) is 0.965. The molecule has 18 heteroatoms. The van der Waals surface area contributed by atoms with Crippen molar-refractivity contribution in [2.75, 3.05) is 19.8 Å². The SMILES string of the molecule is CC(C)[C@@H](C)[C@@H](O)[C@H](O)[C@@H](C)C1CCC2C3COC(=O)C4C[C@H](O)[C@H](O)C[C@]4(C)C3CC[C@@]21C.CC(C)[C@H](C)[C@@H](O)[C@H](O)[C@@H](C)C1CCC2C3COC(=O)C4C[C@H](O)[C@H](O)C[C@]4(C)C3CC[C@@]21C.CC[C@@H](C(C)C)[C@H](O)[C@@H](O)[C@@H](C)C1CCC2C3COC(=O)[C@H]4C[C@H](O)[C@H](O)C[C@]4(C)C3CC[C@@]21C. The minimum atomic E-state index is -0.867. The van der Waals surface area contributed by atoms with Gasteiger partial charge in [-0.1, -0.05) is 131 Å². The number of fused-ring (bicyclic) bond motifs is 15. The molecule has 39 atom stereocenters. The smallest absolute Gasteiger partial charge is 0.309 e. The lowest BCUT2D eigenvalue weighted by molar-refractivity contribution is -0.163. The molecule has 0 aromatic heterocycles. The highest BCUT2D eigenvalue weighted by atomic mass is 16.5. The van der Waals surface area contributed by atoms with Gasteiger partial charge in [0.2, 0.25) is 0 Å². The average molecular weight is 1460 g/mol. The van der Waals surface area contributed by atoms with Gasteiger partial charge in [0.15, 0.2) is 0 Å². The van der Waals surface area contributed by atoms with Crippen molar-refractivity contribution < 1.29 is 89.9 Å². The number of carbonyl (C=O) groups excluding carboxylic acids is 3. The topological polar surface area (TPSA) is 322 Å². The van der Waals surface area contributed by atoms with E-state index in [1.807, 2.05) is 13.8 Å². The number of hydrogen-bond donors (Lipinski definition) is 12. The molecular weight excluding hydrogens is 1310 g/mol. The molecular formula is C85H146O18. The Morgan fingerprint density at radius 1 is 0.340 bits per heavy atom. The molecule has 0 aromatic carbocycles. The first-order chi connectivity index (χ1) is 48.0. The molecule has 12 fully saturated rings. The highest BCUT2D eigenvalue weighted by Crippen LogP contribution is 2.70. The molecule has 3 aliphatic heterocycles. The number of carbonyl (C=O) groups is 3. The number of aliphatic hydroxyl groups excluding tert-OH is 12. The molecule has 0 radical (unpaired) electrons. The summed E-state index contributed by atoms with van der Waals surface area (Å²) in [5.41, 5.74) is -1.04. The zero-order valence-corrected chi connectivity index (χ0v) is 66.7. The van der Waals surface area contributed by atoms with Gasteiger partial charge in [0, 0.05) is 0 Å². The van der Waals surface area contributed by atoms with Crippen LogP contribution in [-0.4, -0.2) is 172 Å². The summed E-state index contributed by atoms with van der Waals surface area (Å²) in [5, 5.41) is 129. The first kappa shape index (κ1) is 83.4. The second-order valence-corrected chi connectivity index (χ2v) is 40.1. The maximum Gasteiger partial charge on any atom is 0.309 e. The van der Waals surface area contributed by atoms with Gasteiger partial charge in [0.1, 0.15) is 0 Å². The molecule has 103 heavy (non-hydrogen) atoms. The largest absolute Gasteiger partial charge is 0.465 e. The molecule has 14 unspecified atom stereocenters. The maximum absolute atomic E-state index is 13.0. The molecule has 3 heterocycles. The van der Waals surface area contributed by atoms with Crippen LogP contribution >= 0.6 is 0 Å². The molecule has 3 saturated heterocycles. The zero-order chi connectivity index (χ0) is 76.2. The van der Waals surface area contributed by atoms with Crippen molar-refractivity contribution in [3.05, 3.63) is 0 Å². The van der Waals surface area contributed by atoms with Crippen LogP contribution < -0.4 is 0 Å².